The lowest BCUT2D eigenvalue weighted by atomic mass is 10.2. The second kappa shape index (κ2) is 11.0. The van der Waals surface area contributed by atoms with Crippen LogP contribution >= 0.6 is 23.8 Å². The molecular weight excluding hydrogens is 417 g/mol. The van der Waals surface area contributed by atoms with Crippen molar-refractivity contribution < 1.29 is 0 Å². The van der Waals surface area contributed by atoms with Crippen molar-refractivity contribution in [2.75, 3.05) is 6.66 Å². The monoisotopic (exact) mass is 460 g/mol. The van der Waals surface area contributed by atoms with Crippen molar-refractivity contribution in [2.24, 2.45) is 0 Å². The average molecular weight is 461 g/mol. The molecule has 0 aromatic heterocycles. The second-order valence-electron chi connectivity index (χ2n) is 9.73. The molecule has 0 heterocycles. The highest BCUT2D eigenvalue weighted by molar-refractivity contribution is 7.78. The molecule has 166 valence electrons. The van der Waals surface area contributed by atoms with Gasteiger partial charge in [-0.3, -0.25) is 0 Å². The van der Waals surface area contributed by atoms with Crippen LogP contribution in [0.3, 0.4) is 0 Å². The Hall–Kier alpha value is -0.270. The fraction of sp³-hybridized carbons (Fsp3) is 0.556. The summed E-state index contributed by atoms with van der Waals surface area (Å²) in [6.45, 7) is 26.4. The molecule has 2 rings (SSSR count). The van der Waals surface area contributed by atoms with Gasteiger partial charge in [0.25, 0.3) is 0 Å². The van der Waals surface area contributed by atoms with E-state index >= 15 is 0 Å². The average Bonchev–Trinajstić information content (AvgIpc) is 2.60. The molecule has 0 bridgehead atoms. The van der Waals surface area contributed by atoms with Crippen LogP contribution in [-0.2, 0) is 0 Å². The highest BCUT2D eigenvalue weighted by Crippen LogP contribution is 2.49. The first-order chi connectivity index (χ1) is 14.0. The van der Waals surface area contributed by atoms with Crippen LogP contribution in [0.25, 0.3) is 0 Å². The van der Waals surface area contributed by atoms with E-state index in [2.05, 4.69) is 112 Å². The molecule has 0 saturated carbocycles. The zero-order valence-electron chi connectivity index (χ0n) is 21.1. The molecule has 2 aromatic rings. The molecule has 0 unspecified atom stereocenters. The maximum atomic E-state index is 2.52. The van der Waals surface area contributed by atoms with Gasteiger partial charge in [0.05, 0.1) is 0 Å². The van der Waals surface area contributed by atoms with Crippen molar-refractivity contribution in [1.82, 2.24) is 0 Å². The minimum atomic E-state index is -0.369. The third-order valence-electron chi connectivity index (χ3n) is 5.77. The van der Waals surface area contributed by atoms with Gasteiger partial charge < -0.3 is 0 Å². The lowest BCUT2D eigenvalue weighted by Gasteiger charge is -2.33. The van der Waals surface area contributed by atoms with Gasteiger partial charge in [0.15, 0.2) is 0 Å². The summed E-state index contributed by atoms with van der Waals surface area (Å²) in [6.07, 6.45) is 0. The fourth-order valence-corrected chi connectivity index (χ4v) is 13.9. The summed E-state index contributed by atoms with van der Waals surface area (Å²) in [7, 11) is -0.705. The van der Waals surface area contributed by atoms with Gasteiger partial charge in [0.1, 0.15) is 0 Å². The second-order valence-corrected chi connectivity index (χ2v) is 18.5. The van der Waals surface area contributed by atoms with Gasteiger partial charge in [-0.1, -0.05) is 119 Å². The largest absolute Gasteiger partial charge is 0.0694 e. The number of rotatable bonds is 8. The lowest BCUT2D eigenvalue weighted by molar-refractivity contribution is 1.02. The molecule has 2 aromatic carbocycles. The van der Waals surface area contributed by atoms with Gasteiger partial charge in [-0.2, -0.15) is 0 Å². The fourth-order valence-electron chi connectivity index (χ4n) is 4.68. The third kappa shape index (κ3) is 5.94. The molecule has 0 N–H and O–H groups in total. The standard InChI is InChI=1S/C27H43P3/c1-18(2)29(19(3)4)26-16-22(9)12-14-24(26)28(11)25-15-13-23(10)17-27(25)30(20(5)6)21(7)8/h12-21H,1-11H3. The Morgan fingerprint density at radius 1 is 0.500 bits per heavy atom. The van der Waals surface area contributed by atoms with Gasteiger partial charge in [0, 0.05) is 0 Å². The normalized spacial score (nSPS) is 12.6. The van der Waals surface area contributed by atoms with Crippen LogP contribution in [0.4, 0.5) is 0 Å². The van der Waals surface area contributed by atoms with Crippen molar-refractivity contribution in [2.45, 2.75) is 91.9 Å². The Morgan fingerprint density at radius 2 is 0.800 bits per heavy atom. The highest BCUT2D eigenvalue weighted by Gasteiger charge is 2.28. The Kier molecular flexibility index (Phi) is 9.56. The maximum Gasteiger partial charge on any atom is -0.0121 e. The Morgan fingerprint density at radius 3 is 1.07 bits per heavy atom. The van der Waals surface area contributed by atoms with Crippen LogP contribution in [0.15, 0.2) is 36.4 Å². The molecule has 0 aliphatic carbocycles. The molecule has 0 fully saturated rings. The van der Waals surface area contributed by atoms with Crippen molar-refractivity contribution >= 4 is 45.0 Å². The summed E-state index contributed by atoms with van der Waals surface area (Å²) >= 11 is 0. The zero-order valence-corrected chi connectivity index (χ0v) is 23.8. The number of aryl methyl sites for hydroxylation is 2. The highest BCUT2D eigenvalue weighted by atomic mass is 31.1. The minimum Gasteiger partial charge on any atom is -0.0694 e. The van der Waals surface area contributed by atoms with E-state index in [-0.39, 0.29) is 23.8 Å². The van der Waals surface area contributed by atoms with Crippen LogP contribution in [0, 0.1) is 13.8 Å². The van der Waals surface area contributed by atoms with E-state index in [0.717, 1.165) is 0 Å². The molecule has 0 amide bonds. The first-order valence-corrected chi connectivity index (χ1v) is 16.2. The molecule has 0 aliphatic rings. The summed E-state index contributed by atoms with van der Waals surface area (Å²) in [4.78, 5) is 0. The van der Waals surface area contributed by atoms with E-state index < -0.39 is 0 Å². The topological polar surface area (TPSA) is 0 Å². The third-order valence-corrected chi connectivity index (χ3v) is 14.6. The summed E-state index contributed by atoms with van der Waals surface area (Å²) in [5, 5.41) is 6.57. The van der Waals surface area contributed by atoms with Crippen molar-refractivity contribution in [1.29, 1.82) is 0 Å². The molecule has 0 saturated heterocycles. The summed E-state index contributed by atoms with van der Waals surface area (Å²) in [5.74, 6) is 0. The van der Waals surface area contributed by atoms with Gasteiger partial charge >= 0.3 is 0 Å². The van der Waals surface area contributed by atoms with E-state index in [1.54, 1.807) is 21.2 Å². The Balaban J connectivity index is 2.69. The summed E-state index contributed by atoms with van der Waals surface area (Å²) in [5.41, 5.74) is 5.66. The number of hydrogen-bond acceptors (Lipinski definition) is 0. The summed E-state index contributed by atoms with van der Waals surface area (Å²) in [6, 6.07) is 14.6. The van der Waals surface area contributed by atoms with Crippen molar-refractivity contribution in [3.05, 3.63) is 47.5 Å². The minimum absolute atomic E-state index is 0.168. The predicted molar refractivity (Wildman–Crippen MR) is 148 cm³/mol. The molecule has 0 spiro atoms. The van der Waals surface area contributed by atoms with Gasteiger partial charge in [-0.15, -0.1) is 0 Å². The van der Waals surface area contributed by atoms with Crippen LogP contribution in [-0.4, -0.2) is 29.3 Å². The smallest absolute Gasteiger partial charge is 0.0121 e. The van der Waals surface area contributed by atoms with Crippen LogP contribution in [0.5, 0.6) is 0 Å². The molecular formula is C27H43P3. The van der Waals surface area contributed by atoms with E-state index in [4.69, 9.17) is 0 Å². The van der Waals surface area contributed by atoms with Crippen molar-refractivity contribution in [3.63, 3.8) is 0 Å². The van der Waals surface area contributed by atoms with Gasteiger partial charge in [-0.25, -0.2) is 0 Å². The van der Waals surface area contributed by atoms with E-state index in [0.29, 0.717) is 22.6 Å². The van der Waals surface area contributed by atoms with Gasteiger partial charge in [-0.05, 0) is 72.3 Å². The van der Waals surface area contributed by atoms with E-state index in [1.165, 1.54) is 11.1 Å². The van der Waals surface area contributed by atoms with Crippen LogP contribution < -0.4 is 21.2 Å². The van der Waals surface area contributed by atoms with E-state index in [9.17, 15) is 0 Å². The van der Waals surface area contributed by atoms with Gasteiger partial charge in [0.2, 0.25) is 0 Å². The zero-order chi connectivity index (χ0) is 22.7. The molecule has 0 radical (unpaired) electrons. The first-order valence-electron chi connectivity index (χ1n) is 11.5. The molecule has 0 nitrogen and oxygen atoms in total. The summed E-state index contributed by atoms with van der Waals surface area (Å²) < 4.78 is 0. The molecule has 0 atom stereocenters. The molecule has 0 aliphatic heterocycles. The lowest BCUT2D eigenvalue weighted by Crippen LogP contribution is -2.34. The maximum absolute atomic E-state index is 2.52. The first kappa shape index (κ1) is 26.0. The van der Waals surface area contributed by atoms with Crippen molar-refractivity contribution in [3.8, 4) is 0 Å². The SMILES string of the molecule is Cc1ccc(P(C)c2ccc(C)cc2P(C(C)C)C(C)C)c(P(C(C)C)C(C)C)c1. The number of hydrogen-bond donors (Lipinski definition) is 0. The Labute approximate surface area is 190 Å². The van der Waals surface area contributed by atoms with E-state index in [1.807, 2.05) is 0 Å². The Bertz CT molecular complexity index is 750. The predicted octanol–water partition coefficient (Wildman–Crippen LogP) is 7.21. The quantitative estimate of drug-likeness (QED) is 0.365. The van der Waals surface area contributed by atoms with Crippen LogP contribution in [0.2, 0.25) is 0 Å². The molecule has 3 heteroatoms. The van der Waals surface area contributed by atoms with Crippen LogP contribution in [0.1, 0.15) is 66.5 Å². The number of benzene rings is 2. The molecule has 30 heavy (non-hydrogen) atoms.